The Morgan fingerprint density at radius 1 is 1.09 bits per heavy atom. The van der Waals surface area contributed by atoms with Gasteiger partial charge in [0.15, 0.2) is 0 Å². The van der Waals surface area contributed by atoms with Gasteiger partial charge in [-0.2, -0.15) is 5.26 Å². The van der Waals surface area contributed by atoms with E-state index in [1.807, 2.05) is 18.2 Å². The number of benzene rings is 3. The van der Waals surface area contributed by atoms with Crippen molar-refractivity contribution in [3.8, 4) is 23.3 Å². The summed E-state index contributed by atoms with van der Waals surface area (Å²) in [5, 5.41) is 22.8. The summed E-state index contributed by atoms with van der Waals surface area (Å²) in [6, 6.07) is 17.6. The van der Waals surface area contributed by atoms with Crippen LogP contribution in [0.1, 0.15) is 45.0 Å². The number of hydrogen-bond acceptors (Lipinski definition) is 5. The number of rotatable bonds is 5. The average molecular weight is 489 g/mol. The van der Waals surface area contributed by atoms with Gasteiger partial charge in [0.25, 0.3) is 5.91 Å². The molecule has 1 aliphatic carbocycles. The Labute approximate surface area is 206 Å². The lowest BCUT2D eigenvalue weighted by molar-refractivity contribution is -0.139. The molecule has 5 rings (SSSR count). The van der Waals surface area contributed by atoms with Gasteiger partial charge in [-0.1, -0.05) is 17.7 Å². The first-order valence-corrected chi connectivity index (χ1v) is 11.6. The predicted molar refractivity (Wildman–Crippen MR) is 128 cm³/mol. The van der Waals surface area contributed by atoms with E-state index in [2.05, 4.69) is 11.4 Å². The van der Waals surface area contributed by atoms with Crippen molar-refractivity contribution in [2.45, 2.75) is 31.2 Å². The summed E-state index contributed by atoms with van der Waals surface area (Å²) in [5.41, 5.74) is 3.52. The zero-order chi connectivity index (χ0) is 24.5. The minimum atomic E-state index is -0.953. The summed E-state index contributed by atoms with van der Waals surface area (Å²) in [6.07, 6.45) is 1.85. The zero-order valence-electron chi connectivity index (χ0n) is 18.6. The smallest absolute Gasteiger partial charge is 0.311 e. The summed E-state index contributed by atoms with van der Waals surface area (Å²) >= 11 is 6.07. The van der Waals surface area contributed by atoms with E-state index in [0.717, 1.165) is 18.4 Å². The van der Waals surface area contributed by atoms with Crippen LogP contribution >= 0.6 is 11.6 Å². The van der Waals surface area contributed by atoms with E-state index in [4.69, 9.17) is 21.1 Å². The Morgan fingerprint density at radius 2 is 1.86 bits per heavy atom. The van der Waals surface area contributed by atoms with E-state index in [1.165, 1.54) is 11.6 Å². The number of hydrogen-bond donors (Lipinski definition) is 2. The largest absolute Gasteiger partial charge is 0.493 e. The Bertz CT molecular complexity index is 1360. The highest BCUT2D eigenvalue weighted by Gasteiger charge is 2.29. The number of aliphatic carboxylic acids is 1. The van der Waals surface area contributed by atoms with Crippen molar-refractivity contribution in [1.82, 2.24) is 5.32 Å². The molecule has 3 aromatic rings. The number of carboxylic acids is 1. The van der Waals surface area contributed by atoms with E-state index in [9.17, 15) is 20.0 Å². The normalized spacial score (nSPS) is 17.9. The van der Waals surface area contributed by atoms with Crippen molar-refractivity contribution in [2.75, 3.05) is 6.61 Å². The van der Waals surface area contributed by atoms with Crippen LogP contribution in [0.15, 0.2) is 54.6 Å². The number of carbonyl (C=O) groups excluding carboxylic acids is 1. The zero-order valence-corrected chi connectivity index (χ0v) is 19.3. The van der Waals surface area contributed by atoms with Crippen LogP contribution in [0.25, 0.3) is 0 Å². The number of nitrogens with zero attached hydrogens (tertiary/aromatic N) is 1. The van der Waals surface area contributed by atoms with Crippen LogP contribution < -0.4 is 14.8 Å². The third kappa shape index (κ3) is 4.66. The first-order valence-electron chi connectivity index (χ1n) is 11.2. The molecular weight excluding hydrogens is 468 g/mol. The number of carboxylic acid groups (broad SMARTS) is 1. The van der Waals surface area contributed by atoms with Gasteiger partial charge in [0.05, 0.1) is 18.1 Å². The molecule has 2 atom stereocenters. The molecule has 2 unspecified atom stereocenters. The summed E-state index contributed by atoms with van der Waals surface area (Å²) in [4.78, 5) is 24.3. The second-order valence-corrected chi connectivity index (χ2v) is 9.08. The molecule has 0 aromatic heterocycles. The van der Waals surface area contributed by atoms with Gasteiger partial charge in [-0.3, -0.25) is 9.59 Å². The maximum absolute atomic E-state index is 12.7. The van der Waals surface area contributed by atoms with E-state index >= 15 is 0 Å². The van der Waals surface area contributed by atoms with Crippen LogP contribution in [-0.4, -0.2) is 29.6 Å². The van der Waals surface area contributed by atoms with Crippen LogP contribution in [0.4, 0.5) is 0 Å². The van der Waals surface area contributed by atoms with E-state index in [1.54, 1.807) is 30.3 Å². The molecule has 1 heterocycles. The molecule has 2 N–H and O–H groups in total. The summed E-state index contributed by atoms with van der Waals surface area (Å²) in [5.74, 6) is -0.760. The molecule has 0 radical (unpaired) electrons. The van der Waals surface area contributed by atoms with Crippen molar-refractivity contribution < 1.29 is 24.2 Å². The van der Waals surface area contributed by atoms with Crippen LogP contribution in [0.2, 0.25) is 5.02 Å². The van der Waals surface area contributed by atoms with Gasteiger partial charge in [0, 0.05) is 28.3 Å². The van der Waals surface area contributed by atoms with Crippen molar-refractivity contribution in [3.05, 3.63) is 87.4 Å². The predicted octanol–water partition coefficient (Wildman–Crippen LogP) is 4.85. The second kappa shape index (κ2) is 9.32. The Kier molecular flexibility index (Phi) is 6.06. The Hall–Kier alpha value is -4.02. The topological polar surface area (TPSA) is 109 Å². The van der Waals surface area contributed by atoms with Gasteiger partial charge in [0.2, 0.25) is 0 Å². The number of halogens is 1. The van der Waals surface area contributed by atoms with Crippen molar-refractivity contribution >= 4 is 23.5 Å². The molecule has 176 valence electrons. The lowest BCUT2D eigenvalue weighted by Crippen LogP contribution is -2.35. The molecule has 0 saturated carbocycles. The number of nitriles is 1. The lowest BCUT2D eigenvalue weighted by atomic mass is 9.91. The monoisotopic (exact) mass is 488 g/mol. The standard InChI is InChI=1S/C27H21ClN2O5/c28-19-4-1-16-10-20(11-17(16)9-19)30-26(31)15-2-5-21(6-3-15)35-24-13-25-23(12-18(24)14-29)22(27(32)33)7-8-34-25/h1-6,9,12-13,20,22H,7-8,10-11H2,(H,30,31)(H,32,33). The fourth-order valence-electron chi connectivity index (χ4n) is 4.60. The van der Waals surface area contributed by atoms with Gasteiger partial charge in [-0.05, 0) is 72.9 Å². The quantitative estimate of drug-likeness (QED) is 0.531. The second-order valence-electron chi connectivity index (χ2n) is 8.64. The maximum Gasteiger partial charge on any atom is 0.311 e. The number of fused-ring (bicyclic) bond motifs is 2. The van der Waals surface area contributed by atoms with E-state index in [0.29, 0.717) is 34.1 Å². The Balaban J connectivity index is 1.28. The van der Waals surface area contributed by atoms with Crippen molar-refractivity contribution in [2.24, 2.45) is 0 Å². The highest BCUT2D eigenvalue weighted by Crippen LogP contribution is 2.39. The van der Waals surface area contributed by atoms with Crippen molar-refractivity contribution in [1.29, 1.82) is 5.26 Å². The number of amides is 1. The third-order valence-electron chi connectivity index (χ3n) is 6.35. The molecule has 0 bridgehead atoms. The summed E-state index contributed by atoms with van der Waals surface area (Å²) < 4.78 is 11.5. The molecule has 35 heavy (non-hydrogen) atoms. The minimum absolute atomic E-state index is 0.00945. The van der Waals surface area contributed by atoms with E-state index in [-0.39, 0.29) is 29.9 Å². The third-order valence-corrected chi connectivity index (χ3v) is 6.59. The van der Waals surface area contributed by atoms with Gasteiger partial charge in [0.1, 0.15) is 23.3 Å². The highest BCUT2D eigenvalue weighted by atomic mass is 35.5. The first-order chi connectivity index (χ1) is 16.9. The lowest BCUT2D eigenvalue weighted by Gasteiger charge is -2.24. The van der Waals surface area contributed by atoms with Crippen molar-refractivity contribution in [3.63, 3.8) is 0 Å². The molecular formula is C27H21ClN2O5. The van der Waals surface area contributed by atoms with Crippen LogP contribution in [0, 0.1) is 11.3 Å². The summed E-state index contributed by atoms with van der Waals surface area (Å²) in [6.45, 7) is 0.276. The fourth-order valence-corrected chi connectivity index (χ4v) is 4.80. The Morgan fingerprint density at radius 3 is 2.60 bits per heavy atom. The SMILES string of the molecule is N#Cc1cc2c(cc1Oc1ccc(C(=O)NC3Cc4ccc(Cl)cc4C3)cc1)OCCC2C(=O)O. The molecule has 1 amide bonds. The molecule has 2 aliphatic rings. The molecule has 8 heteroatoms. The van der Waals surface area contributed by atoms with Gasteiger partial charge in [-0.15, -0.1) is 0 Å². The molecule has 1 aliphatic heterocycles. The maximum atomic E-state index is 12.7. The highest BCUT2D eigenvalue weighted by molar-refractivity contribution is 6.30. The van der Waals surface area contributed by atoms with Crippen LogP contribution in [0.3, 0.4) is 0 Å². The van der Waals surface area contributed by atoms with Gasteiger partial charge < -0.3 is 19.9 Å². The van der Waals surface area contributed by atoms with E-state index < -0.39 is 11.9 Å². The molecule has 3 aromatic carbocycles. The van der Waals surface area contributed by atoms with Gasteiger partial charge >= 0.3 is 5.97 Å². The fraction of sp³-hybridized carbons (Fsp3) is 0.222. The first kappa shape index (κ1) is 22.8. The number of ether oxygens (including phenoxy) is 2. The molecule has 7 nitrogen and oxygen atoms in total. The number of carbonyl (C=O) groups is 2. The molecule has 0 saturated heterocycles. The van der Waals surface area contributed by atoms with Gasteiger partial charge in [-0.25, -0.2) is 0 Å². The van der Waals surface area contributed by atoms with Crippen LogP contribution in [-0.2, 0) is 17.6 Å². The molecule has 0 fully saturated rings. The average Bonchev–Trinajstić information content (AvgIpc) is 3.24. The minimum Gasteiger partial charge on any atom is -0.493 e. The number of nitrogens with one attached hydrogen (secondary N) is 1. The summed E-state index contributed by atoms with van der Waals surface area (Å²) in [7, 11) is 0. The molecule has 0 spiro atoms. The van der Waals surface area contributed by atoms with Crippen LogP contribution in [0.5, 0.6) is 17.2 Å².